The Morgan fingerprint density at radius 3 is 2.63 bits per heavy atom. The highest BCUT2D eigenvalue weighted by molar-refractivity contribution is 7.88. The highest BCUT2D eigenvalue weighted by Gasteiger charge is 2.26. The number of sulfonamides is 1. The van der Waals surface area contributed by atoms with Gasteiger partial charge in [0.25, 0.3) is 5.91 Å². The van der Waals surface area contributed by atoms with Crippen LogP contribution in [0.15, 0.2) is 12.4 Å². The van der Waals surface area contributed by atoms with Gasteiger partial charge in [0.2, 0.25) is 10.0 Å². The molecule has 6 nitrogen and oxygen atoms in total. The minimum absolute atomic E-state index is 0.0999. The number of amides is 1. The monoisotopic (exact) mass is 283 g/mol. The van der Waals surface area contributed by atoms with E-state index in [9.17, 15) is 13.2 Å². The van der Waals surface area contributed by atoms with E-state index in [1.54, 1.807) is 26.5 Å². The first-order valence-corrected chi connectivity index (χ1v) is 7.78. The third-order valence-corrected chi connectivity index (χ3v) is 4.46. The number of rotatable bonds is 2. The second kappa shape index (κ2) is 4.90. The summed E-state index contributed by atoms with van der Waals surface area (Å²) >= 11 is 0. The molecule has 0 bridgehead atoms. The van der Waals surface area contributed by atoms with Gasteiger partial charge in [0.05, 0.1) is 11.8 Å². The molecule has 19 heavy (non-hydrogen) atoms. The van der Waals surface area contributed by atoms with Gasteiger partial charge in [-0.05, 0) is 17.5 Å². The summed E-state index contributed by atoms with van der Waals surface area (Å²) in [4.78, 5) is 17.6. The van der Waals surface area contributed by atoms with Gasteiger partial charge in [0.1, 0.15) is 0 Å². The van der Waals surface area contributed by atoms with E-state index in [-0.39, 0.29) is 12.5 Å². The summed E-state index contributed by atoms with van der Waals surface area (Å²) in [5, 5.41) is 0. The van der Waals surface area contributed by atoms with Gasteiger partial charge in [-0.25, -0.2) is 8.42 Å². The fraction of sp³-hybridized carbons (Fsp3) is 0.500. The lowest BCUT2D eigenvalue weighted by atomic mass is 9.98. The fourth-order valence-corrected chi connectivity index (χ4v) is 2.97. The Kier molecular flexibility index (Phi) is 3.60. The Morgan fingerprint density at radius 2 is 2.05 bits per heavy atom. The van der Waals surface area contributed by atoms with Crippen molar-refractivity contribution in [2.45, 2.75) is 13.0 Å². The second-order valence-electron chi connectivity index (χ2n) is 4.87. The van der Waals surface area contributed by atoms with Crippen LogP contribution in [0.3, 0.4) is 0 Å². The summed E-state index contributed by atoms with van der Waals surface area (Å²) in [5.41, 5.74) is 2.29. The van der Waals surface area contributed by atoms with E-state index in [0.29, 0.717) is 18.5 Å². The molecule has 104 valence electrons. The highest BCUT2D eigenvalue weighted by atomic mass is 32.2. The van der Waals surface area contributed by atoms with Crippen LogP contribution in [0.4, 0.5) is 0 Å². The van der Waals surface area contributed by atoms with Crippen molar-refractivity contribution in [2.24, 2.45) is 0 Å². The number of carbonyl (C=O) groups is 1. The van der Waals surface area contributed by atoms with Crippen LogP contribution < -0.4 is 0 Å². The minimum atomic E-state index is -3.21. The SMILES string of the molecule is CN(C)C(=O)c1cncc2c1CCN(S(C)(=O)=O)C2. The second-order valence-corrected chi connectivity index (χ2v) is 6.85. The molecule has 2 rings (SSSR count). The zero-order valence-electron chi connectivity index (χ0n) is 11.3. The van der Waals surface area contributed by atoms with E-state index in [2.05, 4.69) is 4.98 Å². The lowest BCUT2D eigenvalue weighted by Crippen LogP contribution is -2.36. The van der Waals surface area contributed by atoms with Gasteiger partial charge in [-0.3, -0.25) is 9.78 Å². The quantitative estimate of drug-likeness (QED) is 0.772. The van der Waals surface area contributed by atoms with Crippen LogP contribution in [-0.2, 0) is 23.0 Å². The lowest BCUT2D eigenvalue weighted by Gasteiger charge is -2.28. The number of fused-ring (bicyclic) bond motifs is 1. The molecule has 0 radical (unpaired) electrons. The summed E-state index contributed by atoms with van der Waals surface area (Å²) in [7, 11) is 0.168. The number of hydrogen-bond acceptors (Lipinski definition) is 4. The largest absolute Gasteiger partial charge is 0.345 e. The van der Waals surface area contributed by atoms with Crippen LogP contribution in [0.5, 0.6) is 0 Å². The predicted octanol–water partition coefficient (Wildman–Crippen LogP) is 0.101. The molecule has 0 fully saturated rings. The van der Waals surface area contributed by atoms with Gasteiger partial charge in [-0.15, -0.1) is 0 Å². The van der Waals surface area contributed by atoms with E-state index in [1.165, 1.54) is 15.5 Å². The van der Waals surface area contributed by atoms with Crippen LogP contribution in [0.2, 0.25) is 0 Å². The summed E-state index contributed by atoms with van der Waals surface area (Å²) in [5.74, 6) is -0.0999. The third-order valence-electron chi connectivity index (χ3n) is 3.21. The van der Waals surface area contributed by atoms with Crippen molar-refractivity contribution < 1.29 is 13.2 Å². The molecule has 7 heteroatoms. The first kappa shape index (κ1) is 14.0. The average molecular weight is 283 g/mol. The lowest BCUT2D eigenvalue weighted by molar-refractivity contribution is 0.0825. The molecule has 1 amide bonds. The summed E-state index contributed by atoms with van der Waals surface area (Å²) < 4.78 is 24.5. The Bertz CT molecular complexity index is 611. The van der Waals surface area contributed by atoms with Crippen molar-refractivity contribution in [3.8, 4) is 0 Å². The van der Waals surface area contributed by atoms with E-state index in [4.69, 9.17) is 0 Å². The van der Waals surface area contributed by atoms with Crippen LogP contribution in [0.1, 0.15) is 21.5 Å². The van der Waals surface area contributed by atoms with E-state index >= 15 is 0 Å². The molecule has 1 aliphatic heterocycles. The maximum Gasteiger partial charge on any atom is 0.255 e. The normalized spacial score (nSPS) is 15.9. The number of pyridine rings is 1. The van der Waals surface area contributed by atoms with Crippen molar-refractivity contribution in [1.29, 1.82) is 0 Å². The molecule has 1 aromatic heterocycles. The molecule has 0 saturated heterocycles. The number of hydrogen-bond donors (Lipinski definition) is 0. The van der Waals surface area contributed by atoms with Crippen molar-refractivity contribution in [2.75, 3.05) is 26.9 Å². The molecule has 0 aliphatic carbocycles. The molecule has 0 atom stereocenters. The van der Waals surface area contributed by atoms with Gasteiger partial charge in [-0.2, -0.15) is 4.31 Å². The average Bonchev–Trinajstić information content (AvgIpc) is 2.35. The Morgan fingerprint density at radius 1 is 1.37 bits per heavy atom. The fourth-order valence-electron chi connectivity index (χ4n) is 2.18. The maximum atomic E-state index is 12.0. The molecule has 0 aromatic carbocycles. The standard InChI is InChI=1S/C12H17N3O3S/c1-14(2)12(16)11-7-13-6-9-8-15(19(3,17)18)5-4-10(9)11/h6-7H,4-5,8H2,1-3H3. The minimum Gasteiger partial charge on any atom is -0.345 e. The molecule has 2 heterocycles. The molecular formula is C12H17N3O3S. The molecule has 0 saturated carbocycles. The highest BCUT2D eigenvalue weighted by Crippen LogP contribution is 2.23. The van der Waals surface area contributed by atoms with Crippen LogP contribution in [-0.4, -0.2) is 55.4 Å². The first-order valence-electron chi connectivity index (χ1n) is 5.93. The smallest absolute Gasteiger partial charge is 0.255 e. The Labute approximate surface area is 113 Å². The van der Waals surface area contributed by atoms with E-state index < -0.39 is 10.0 Å². The van der Waals surface area contributed by atoms with E-state index in [0.717, 1.165) is 11.1 Å². The zero-order valence-corrected chi connectivity index (χ0v) is 12.1. The molecule has 1 aromatic rings. The third kappa shape index (κ3) is 2.76. The first-order chi connectivity index (χ1) is 8.80. The predicted molar refractivity (Wildman–Crippen MR) is 71.2 cm³/mol. The van der Waals surface area contributed by atoms with Gasteiger partial charge >= 0.3 is 0 Å². The number of nitrogens with zero attached hydrogens (tertiary/aromatic N) is 3. The van der Waals surface area contributed by atoms with Crippen molar-refractivity contribution in [3.63, 3.8) is 0 Å². The summed E-state index contributed by atoms with van der Waals surface area (Å²) in [6.07, 6.45) is 4.93. The number of aromatic nitrogens is 1. The summed E-state index contributed by atoms with van der Waals surface area (Å²) in [6, 6.07) is 0. The van der Waals surface area contributed by atoms with E-state index in [1.807, 2.05) is 0 Å². The molecule has 1 aliphatic rings. The van der Waals surface area contributed by atoms with Crippen molar-refractivity contribution in [1.82, 2.24) is 14.2 Å². The topological polar surface area (TPSA) is 70.6 Å². The van der Waals surface area contributed by atoms with Crippen LogP contribution in [0, 0.1) is 0 Å². The molecule has 0 N–H and O–H groups in total. The van der Waals surface area contributed by atoms with Crippen molar-refractivity contribution >= 4 is 15.9 Å². The maximum absolute atomic E-state index is 12.0. The molecule has 0 unspecified atom stereocenters. The van der Waals surface area contributed by atoms with Gasteiger partial charge < -0.3 is 4.90 Å². The molecule has 0 spiro atoms. The van der Waals surface area contributed by atoms with Gasteiger partial charge in [-0.1, -0.05) is 0 Å². The van der Waals surface area contributed by atoms with Crippen LogP contribution in [0.25, 0.3) is 0 Å². The zero-order chi connectivity index (χ0) is 14.2. The van der Waals surface area contributed by atoms with Crippen molar-refractivity contribution in [3.05, 3.63) is 29.1 Å². The van der Waals surface area contributed by atoms with Gasteiger partial charge in [0, 0.05) is 39.6 Å². The Balaban J connectivity index is 2.39. The Hall–Kier alpha value is -1.47. The summed E-state index contributed by atoms with van der Waals surface area (Å²) in [6.45, 7) is 0.694. The number of carbonyl (C=O) groups excluding carboxylic acids is 1. The van der Waals surface area contributed by atoms with Crippen LogP contribution >= 0.6 is 0 Å². The molecular weight excluding hydrogens is 266 g/mol. The van der Waals surface area contributed by atoms with Gasteiger partial charge in [0.15, 0.2) is 0 Å².